The maximum atomic E-state index is 13.7. The van der Waals surface area contributed by atoms with Gasteiger partial charge in [0.1, 0.15) is 42.0 Å². The van der Waals surface area contributed by atoms with E-state index in [-0.39, 0.29) is 17.3 Å². The molecule has 6 heteroatoms. The first-order valence-corrected chi connectivity index (χ1v) is 13.5. The van der Waals surface area contributed by atoms with Crippen LogP contribution in [0.3, 0.4) is 0 Å². The monoisotopic (exact) mass is 524 g/mol. The van der Waals surface area contributed by atoms with Crippen LogP contribution in [0.2, 0.25) is 0 Å². The van der Waals surface area contributed by atoms with Crippen molar-refractivity contribution in [2.75, 3.05) is 0 Å². The Kier molecular flexibility index (Phi) is 6.40. The number of fused-ring (bicyclic) bond motifs is 3. The summed E-state index contributed by atoms with van der Waals surface area (Å²) in [7, 11) is -0.856. The van der Waals surface area contributed by atoms with E-state index >= 15 is 0 Å². The molecule has 0 spiro atoms. The van der Waals surface area contributed by atoms with Gasteiger partial charge in [-0.2, -0.15) is 10.9 Å². The number of aromatic hydroxyl groups is 2. The summed E-state index contributed by atoms with van der Waals surface area (Å²) in [4.78, 5) is 3.46. The minimum Gasteiger partial charge on any atom is -0.508 e. The fourth-order valence-corrected chi connectivity index (χ4v) is 7.11. The van der Waals surface area contributed by atoms with Crippen molar-refractivity contribution in [2.45, 2.75) is 27.9 Å². The van der Waals surface area contributed by atoms with E-state index in [1.807, 2.05) is 48.5 Å². The highest BCUT2D eigenvalue weighted by atomic mass is 32.2. The van der Waals surface area contributed by atoms with Crippen molar-refractivity contribution in [1.82, 2.24) is 0 Å². The topological polar surface area (TPSA) is 58.9 Å². The first-order chi connectivity index (χ1) is 18.5. The molecule has 1 aliphatic rings. The molecule has 4 nitrogen and oxygen atoms in total. The Morgan fingerprint density at radius 1 is 0.553 bits per heavy atom. The lowest BCUT2D eigenvalue weighted by Gasteiger charge is -2.19. The number of hydrogen-bond acceptors (Lipinski definition) is 4. The summed E-state index contributed by atoms with van der Waals surface area (Å²) in [6.45, 7) is 0.767. The smallest absolute Gasteiger partial charge is 0.123 e. The molecule has 38 heavy (non-hydrogen) atoms. The van der Waals surface area contributed by atoms with Gasteiger partial charge in [-0.25, -0.2) is 4.39 Å². The Bertz CT molecular complexity index is 1480. The quantitative estimate of drug-likeness (QED) is 0.186. The molecule has 1 heterocycles. The van der Waals surface area contributed by atoms with Crippen molar-refractivity contribution in [3.63, 3.8) is 0 Å². The van der Waals surface area contributed by atoms with Gasteiger partial charge in [0, 0.05) is 9.79 Å². The third kappa shape index (κ3) is 4.91. The summed E-state index contributed by atoms with van der Waals surface area (Å²) >= 11 is 0. The number of rotatable bonds is 7. The third-order valence-corrected chi connectivity index (χ3v) is 9.03. The minimum absolute atomic E-state index is 0.223. The molecule has 0 amide bonds. The number of hydrogen-bond donors (Lipinski definition) is 3. The van der Waals surface area contributed by atoms with Gasteiger partial charge >= 0.3 is 0 Å². The predicted molar refractivity (Wildman–Crippen MR) is 147 cm³/mol. The van der Waals surface area contributed by atoms with Gasteiger partial charge in [-0.15, -0.1) is 0 Å². The standard InChI is InChI=1S/C32H25FO4S/c33-23-5-13-28(14-6-23)38-31-15-11-26(36-19-21-1-7-24(34)8-2-21)17-29(31)30-18-27(12-16-32(30)38)37-20-22-3-9-25(35)10-4-22/h1-18,34-35,38H,19-20H2. The van der Waals surface area contributed by atoms with Gasteiger partial charge in [0.05, 0.1) is 0 Å². The van der Waals surface area contributed by atoms with E-state index in [4.69, 9.17) is 9.47 Å². The number of thiol groups is 1. The van der Waals surface area contributed by atoms with E-state index in [0.717, 1.165) is 38.6 Å². The molecular formula is C32H25FO4S. The lowest BCUT2D eigenvalue weighted by molar-refractivity contribution is 0.305. The predicted octanol–water partition coefficient (Wildman–Crippen LogP) is 7.85. The lowest BCUT2D eigenvalue weighted by atomic mass is 10.1. The Labute approximate surface area is 222 Å². The number of halogens is 1. The average molecular weight is 525 g/mol. The lowest BCUT2D eigenvalue weighted by Crippen LogP contribution is -1.96. The molecule has 0 fully saturated rings. The van der Waals surface area contributed by atoms with E-state index in [2.05, 4.69) is 24.3 Å². The van der Waals surface area contributed by atoms with E-state index < -0.39 is 10.9 Å². The highest BCUT2D eigenvalue weighted by Crippen LogP contribution is 2.63. The SMILES string of the molecule is Oc1ccc(COc2ccc3c(c2)-c2cc(OCc4ccc(O)cc4)ccc2[SH]3c2ccc(F)cc2)cc1. The maximum absolute atomic E-state index is 13.7. The highest BCUT2D eigenvalue weighted by molar-refractivity contribution is 8.17. The first-order valence-electron chi connectivity index (χ1n) is 12.2. The molecule has 2 N–H and O–H groups in total. The average Bonchev–Trinajstić information content (AvgIpc) is 3.26. The van der Waals surface area contributed by atoms with E-state index in [1.54, 1.807) is 24.3 Å². The van der Waals surface area contributed by atoms with Crippen molar-refractivity contribution < 1.29 is 24.1 Å². The summed E-state index contributed by atoms with van der Waals surface area (Å²) in [5.74, 6) is 1.68. The minimum atomic E-state index is -0.856. The van der Waals surface area contributed by atoms with Crippen LogP contribution < -0.4 is 9.47 Å². The number of phenolic OH excluding ortho intramolecular Hbond substituents is 2. The summed E-state index contributed by atoms with van der Waals surface area (Å²) in [6, 6.07) is 33.0. The van der Waals surface area contributed by atoms with Crippen LogP contribution in [0.5, 0.6) is 23.0 Å². The molecule has 0 bridgehead atoms. The van der Waals surface area contributed by atoms with Gasteiger partial charge in [-0.05, 0) is 112 Å². The van der Waals surface area contributed by atoms with E-state index in [9.17, 15) is 14.6 Å². The first kappa shape index (κ1) is 23.9. The van der Waals surface area contributed by atoms with E-state index in [0.29, 0.717) is 13.2 Å². The third-order valence-electron chi connectivity index (χ3n) is 6.48. The molecule has 190 valence electrons. The van der Waals surface area contributed by atoms with Crippen molar-refractivity contribution in [3.05, 3.63) is 126 Å². The van der Waals surface area contributed by atoms with Gasteiger partial charge in [0.15, 0.2) is 0 Å². The number of ether oxygens (including phenoxy) is 2. The van der Waals surface area contributed by atoms with Crippen LogP contribution in [0.25, 0.3) is 11.1 Å². The fraction of sp³-hybridized carbons (Fsp3) is 0.0625. The van der Waals surface area contributed by atoms with Crippen LogP contribution in [-0.2, 0) is 13.2 Å². The van der Waals surface area contributed by atoms with Crippen molar-refractivity contribution in [3.8, 4) is 34.1 Å². The molecule has 0 aromatic heterocycles. The van der Waals surface area contributed by atoms with Crippen molar-refractivity contribution in [1.29, 1.82) is 0 Å². The number of benzene rings is 5. The molecule has 1 aliphatic heterocycles. The Hall–Kier alpha value is -4.42. The van der Waals surface area contributed by atoms with E-state index in [1.165, 1.54) is 21.9 Å². The molecule has 0 unspecified atom stereocenters. The molecular weight excluding hydrogens is 499 g/mol. The molecule has 5 aromatic carbocycles. The van der Waals surface area contributed by atoms with Crippen molar-refractivity contribution in [2.24, 2.45) is 0 Å². The van der Waals surface area contributed by atoms with Crippen LogP contribution >= 0.6 is 10.9 Å². The second-order valence-electron chi connectivity index (χ2n) is 9.08. The zero-order chi connectivity index (χ0) is 26.1. The Balaban J connectivity index is 1.33. The molecule has 0 aliphatic carbocycles. The summed E-state index contributed by atoms with van der Waals surface area (Å²) in [6.07, 6.45) is 0. The maximum Gasteiger partial charge on any atom is 0.123 e. The molecule has 0 saturated carbocycles. The largest absolute Gasteiger partial charge is 0.508 e. The second kappa shape index (κ2) is 10.1. The summed E-state index contributed by atoms with van der Waals surface area (Å²) in [5, 5.41) is 19.1. The van der Waals surface area contributed by atoms with Gasteiger partial charge in [-0.3, -0.25) is 0 Å². The van der Waals surface area contributed by atoms with Crippen LogP contribution in [-0.4, -0.2) is 10.2 Å². The molecule has 0 radical (unpaired) electrons. The summed E-state index contributed by atoms with van der Waals surface area (Å²) < 4.78 is 25.9. The molecule has 0 saturated heterocycles. The van der Waals surface area contributed by atoms with Crippen LogP contribution in [0.4, 0.5) is 4.39 Å². The second-order valence-corrected chi connectivity index (χ2v) is 11.2. The molecule has 5 aromatic rings. The fourth-order valence-electron chi connectivity index (χ4n) is 4.55. The zero-order valence-corrected chi connectivity index (χ0v) is 21.2. The van der Waals surface area contributed by atoms with Crippen molar-refractivity contribution >= 4 is 10.9 Å². The zero-order valence-electron chi connectivity index (χ0n) is 20.3. The Morgan fingerprint density at radius 3 is 1.45 bits per heavy atom. The molecule has 0 atom stereocenters. The van der Waals surface area contributed by atoms with Gasteiger partial charge in [0.2, 0.25) is 0 Å². The van der Waals surface area contributed by atoms with Gasteiger partial charge in [-0.1, -0.05) is 24.3 Å². The van der Waals surface area contributed by atoms with Crippen LogP contribution in [0.15, 0.2) is 124 Å². The highest BCUT2D eigenvalue weighted by Gasteiger charge is 2.28. The normalized spacial score (nSPS) is 12.6. The molecule has 6 rings (SSSR count). The van der Waals surface area contributed by atoms with Gasteiger partial charge < -0.3 is 19.7 Å². The summed E-state index contributed by atoms with van der Waals surface area (Å²) in [5.41, 5.74) is 4.08. The van der Waals surface area contributed by atoms with Crippen LogP contribution in [0.1, 0.15) is 11.1 Å². The Morgan fingerprint density at radius 2 is 1.00 bits per heavy atom. The van der Waals surface area contributed by atoms with Gasteiger partial charge in [0.25, 0.3) is 0 Å². The van der Waals surface area contributed by atoms with Crippen LogP contribution in [0, 0.1) is 5.82 Å². The number of phenols is 2.